The first kappa shape index (κ1) is 21.8. The monoisotopic (exact) mass is 427 g/mol. The van der Waals surface area contributed by atoms with Crippen molar-refractivity contribution in [2.45, 2.75) is 26.0 Å². The van der Waals surface area contributed by atoms with Gasteiger partial charge in [0.15, 0.2) is 15.6 Å². The summed E-state index contributed by atoms with van der Waals surface area (Å²) < 4.78 is 41.4. The van der Waals surface area contributed by atoms with Crippen LogP contribution in [0.15, 0.2) is 42.1 Å². The van der Waals surface area contributed by atoms with Crippen LogP contribution < -0.4 is 10.1 Å². The lowest BCUT2D eigenvalue weighted by Crippen LogP contribution is -2.32. The fourth-order valence-corrected chi connectivity index (χ4v) is 2.98. The predicted octanol–water partition coefficient (Wildman–Crippen LogP) is 3.09. The maximum absolute atomic E-state index is 13.5. The lowest BCUT2D eigenvalue weighted by Gasteiger charge is -2.16. The van der Waals surface area contributed by atoms with Crippen molar-refractivity contribution in [2.24, 2.45) is 0 Å². The number of sulfone groups is 1. The van der Waals surface area contributed by atoms with Crippen molar-refractivity contribution in [3.05, 3.63) is 64.3 Å². The van der Waals surface area contributed by atoms with Gasteiger partial charge in [-0.15, -0.1) is 0 Å². The van der Waals surface area contributed by atoms with Crippen LogP contribution in [0.3, 0.4) is 0 Å². The van der Waals surface area contributed by atoms with Gasteiger partial charge in [-0.2, -0.15) is 0 Å². The van der Waals surface area contributed by atoms with E-state index in [1.807, 2.05) is 0 Å². The molecule has 7 nitrogen and oxygen atoms in total. The zero-order chi connectivity index (χ0) is 20.9. The summed E-state index contributed by atoms with van der Waals surface area (Å²) >= 11 is 5.94. The second-order valence-electron chi connectivity index (χ2n) is 6.07. The number of carbonyl (C=O) groups is 1. The molecule has 0 fully saturated rings. The van der Waals surface area contributed by atoms with Gasteiger partial charge in [-0.05, 0) is 19.9 Å². The highest BCUT2D eigenvalue weighted by Gasteiger charge is 2.16. The molecule has 0 aliphatic carbocycles. The van der Waals surface area contributed by atoms with Gasteiger partial charge in [0.1, 0.15) is 11.9 Å². The number of halogens is 2. The molecule has 2 rings (SSSR count). The molecule has 0 bridgehead atoms. The minimum absolute atomic E-state index is 0.0250. The molecule has 0 radical (unpaired) electrons. The SMILES string of the molecule is C[C@H](/C=C/S(C)(=O)=O)NC(=O)c1ncc(O[C@@H](C)c2cccc(F)c2Cl)cn1. The van der Waals surface area contributed by atoms with E-state index in [4.69, 9.17) is 16.3 Å². The topological polar surface area (TPSA) is 98.2 Å². The Balaban J connectivity index is 2.02. The van der Waals surface area contributed by atoms with Gasteiger partial charge in [0.25, 0.3) is 5.91 Å². The van der Waals surface area contributed by atoms with Crippen LogP contribution >= 0.6 is 11.6 Å². The first-order valence-corrected chi connectivity index (χ1v) is 10.5. The Morgan fingerprint density at radius 1 is 1.29 bits per heavy atom. The zero-order valence-corrected chi connectivity index (χ0v) is 17.0. The highest BCUT2D eigenvalue weighted by molar-refractivity contribution is 7.93. The van der Waals surface area contributed by atoms with Crippen LogP contribution in [0, 0.1) is 5.82 Å². The number of carbonyl (C=O) groups excluding carboxylic acids is 1. The summed E-state index contributed by atoms with van der Waals surface area (Å²) in [5, 5.41) is 3.54. The lowest BCUT2D eigenvalue weighted by atomic mass is 10.1. The summed E-state index contributed by atoms with van der Waals surface area (Å²) in [4.78, 5) is 20.0. The van der Waals surface area contributed by atoms with E-state index in [0.717, 1.165) is 11.7 Å². The van der Waals surface area contributed by atoms with Crippen molar-refractivity contribution in [3.8, 4) is 5.75 Å². The van der Waals surface area contributed by atoms with Crippen molar-refractivity contribution in [3.63, 3.8) is 0 Å². The third-order valence-electron chi connectivity index (χ3n) is 3.54. The van der Waals surface area contributed by atoms with Crippen molar-refractivity contribution in [2.75, 3.05) is 6.26 Å². The van der Waals surface area contributed by atoms with Gasteiger partial charge in [0, 0.05) is 23.3 Å². The van der Waals surface area contributed by atoms with Crippen LogP contribution in [0.1, 0.15) is 36.1 Å². The molecule has 1 amide bonds. The Morgan fingerprint density at radius 3 is 2.54 bits per heavy atom. The number of nitrogens with one attached hydrogen (secondary N) is 1. The average Bonchev–Trinajstić information content (AvgIpc) is 2.62. The molecule has 0 saturated carbocycles. The summed E-state index contributed by atoms with van der Waals surface area (Å²) in [6.07, 6.45) is 4.45. The van der Waals surface area contributed by atoms with E-state index in [1.54, 1.807) is 19.9 Å². The van der Waals surface area contributed by atoms with Gasteiger partial charge in [-0.25, -0.2) is 22.8 Å². The number of nitrogens with zero attached hydrogens (tertiary/aromatic N) is 2. The summed E-state index contributed by atoms with van der Waals surface area (Å²) in [7, 11) is -3.28. The summed E-state index contributed by atoms with van der Waals surface area (Å²) in [6, 6.07) is 3.89. The summed E-state index contributed by atoms with van der Waals surface area (Å²) in [5.41, 5.74) is 0.468. The Morgan fingerprint density at radius 2 is 1.93 bits per heavy atom. The molecule has 28 heavy (non-hydrogen) atoms. The number of hydrogen-bond acceptors (Lipinski definition) is 6. The van der Waals surface area contributed by atoms with Crippen LogP contribution in [0.4, 0.5) is 4.39 Å². The van der Waals surface area contributed by atoms with E-state index in [2.05, 4.69) is 15.3 Å². The Labute approximate surface area is 167 Å². The fourth-order valence-electron chi connectivity index (χ4n) is 2.18. The van der Waals surface area contributed by atoms with Crippen molar-refractivity contribution in [1.29, 1.82) is 0 Å². The van der Waals surface area contributed by atoms with Crippen LogP contribution in [0.2, 0.25) is 5.02 Å². The van der Waals surface area contributed by atoms with E-state index in [0.29, 0.717) is 5.56 Å². The van der Waals surface area contributed by atoms with Gasteiger partial charge >= 0.3 is 0 Å². The van der Waals surface area contributed by atoms with Crippen molar-refractivity contribution in [1.82, 2.24) is 15.3 Å². The maximum Gasteiger partial charge on any atom is 0.289 e. The van der Waals surface area contributed by atoms with Crippen LogP contribution in [0.5, 0.6) is 5.75 Å². The Bertz CT molecular complexity index is 981. The molecule has 0 spiro atoms. The average molecular weight is 428 g/mol. The number of rotatable bonds is 7. The molecule has 150 valence electrons. The molecular weight excluding hydrogens is 409 g/mol. The Hall–Kier alpha value is -2.52. The molecule has 0 saturated heterocycles. The number of aromatic nitrogens is 2. The second-order valence-corrected chi connectivity index (χ2v) is 8.37. The summed E-state index contributed by atoms with van der Waals surface area (Å²) in [5.74, 6) is -0.951. The van der Waals surface area contributed by atoms with E-state index >= 15 is 0 Å². The van der Waals surface area contributed by atoms with E-state index in [-0.39, 0.29) is 16.6 Å². The van der Waals surface area contributed by atoms with Gasteiger partial charge in [0.05, 0.1) is 17.4 Å². The van der Waals surface area contributed by atoms with Crippen molar-refractivity contribution < 1.29 is 22.3 Å². The number of ether oxygens (including phenoxy) is 1. The molecular formula is C18H19ClFN3O4S. The molecule has 10 heteroatoms. The first-order chi connectivity index (χ1) is 13.1. The largest absolute Gasteiger partial charge is 0.483 e. The van der Waals surface area contributed by atoms with Crippen LogP contribution in [-0.2, 0) is 9.84 Å². The molecule has 0 unspecified atom stereocenters. The predicted molar refractivity (Wildman–Crippen MR) is 103 cm³/mol. The third kappa shape index (κ3) is 6.28. The van der Waals surface area contributed by atoms with Gasteiger partial charge in [-0.3, -0.25) is 4.79 Å². The molecule has 0 aliphatic rings. The third-order valence-corrected chi connectivity index (χ3v) is 4.59. The highest BCUT2D eigenvalue weighted by Crippen LogP contribution is 2.28. The molecule has 1 aromatic carbocycles. The molecule has 1 N–H and O–H groups in total. The second kappa shape index (κ2) is 9.11. The molecule has 2 aromatic rings. The van der Waals surface area contributed by atoms with Crippen LogP contribution in [0.25, 0.3) is 0 Å². The molecule has 2 atom stereocenters. The van der Waals surface area contributed by atoms with Gasteiger partial charge in [-0.1, -0.05) is 29.8 Å². The van der Waals surface area contributed by atoms with Crippen molar-refractivity contribution >= 4 is 27.3 Å². The van der Waals surface area contributed by atoms with E-state index < -0.39 is 33.7 Å². The zero-order valence-electron chi connectivity index (χ0n) is 15.4. The van der Waals surface area contributed by atoms with E-state index in [9.17, 15) is 17.6 Å². The van der Waals surface area contributed by atoms with Gasteiger partial charge < -0.3 is 10.1 Å². The lowest BCUT2D eigenvalue weighted by molar-refractivity contribution is 0.0936. The highest BCUT2D eigenvalue weighted by atomic mass is 35.5. The van der Waals surface area contributed by atoms with Gasteiger partial charge in [0.2, 0.25) is 5.82 Å². The smallest absolute Gasteiger partial charge is 0.289 e. The minimum atomic E-state index is -3.28. The number of hydrogen-bond donors (Lipinski definition) is 1. The Kier molecular flexibility index (Phi) is 7.09. The molecule has 1 aromatic heterocycles. The first-order valence-electron chi connectivity index (χ1n) is 8.18. The quantitative estimate of drug-likeness (QED) is 0.729. The fraction of sp³-hybridized carbons (Fsp3) is 0.278. The maximum atomic E-state index is 13.5. The number of benzene rings is 1. The summed E-state index contributed by atoms with van der Waals surface area (Å²) in [6.45, 7) is 3.30. The van der Waals surface area contributed by atoms with Crippen LogP contribution in [-0.4, -0.2) is 36.6 Å². The normalized spacial score (nSPS) is 13.9. The standard InChI is InChI=1S/C18H19ClFN3O4S/c1-11(7-8-28(3,25)26)23-18(24)17-21-9-13(10-22-17)27-12(2)14-5-4-6-15(20)16(14)19/h4-12H,1-3H3,(H,23,24)/b8-7+/t11-,12+/m1/s1. The number of amides is 1. The minimum Gasteiger partial charge on any atom is -0.483 e. The molecule has 0 aliphatic heterocycles. The van der Waals surface area contributed by atoms with E-state index in [1.165, 1.54) is 30.6 Å². The molecule has 1 heterocycles.